The van der Waals surface area contributed by atoms with Crippen molar-refractivity contribution in [3.8, 4) is 22.9 Å². The molecule has 0 atom stereocenters. The van der Waals surface area contributed by atoms with Gasteiger partial charge in [0, 0.05) is 11.3 Å². The Morgan fingerprint density at radius 1 is 0.902 bits per heavy atom. The van der Waals surface area contributed by atoms with Crippen molar-refractivity contribution in [2.45, 2.75) is 32.5 Å². The SMILES string of the molecule is COc1cc(C(=O)NCc2nnc(SCC(=O)Nc3cccc(C)c3)n2-c2cccc(C)c2C)cc(OC)c1OC. The Balaban J connectivity index is 1.57. The van der Waals surface area contributed by atoms with Gasteiger partial charge in [0.05, 0.1) is 39.3 Å². The zero-order chi connectivity index (χ0) is 29.5. The zero-order valence-electron chi connectivity index (χ0n) is 23.9. The number of hydrogen-bond acceptors (Lipinski definition) is 8. The van der Waals surface area contributed by atoms with E-state index in [4.69, 9.17) is 14.2 Å². The molecular formula is C30H33N5O5S. The van der Waals surface area contributed by atoms with E-state index in [2.05, 4.69) is 20.8 Å². The second kappa shape index (κ2) is 13.2. The van der Waals surface area contributed by atoms with Gasteiger partial charge in [-0.1, -0.05) is 36.0 Å². The Hall–Kier alpha value is -4.51. The lowest BCUT2D eigenvalue weighted by Crippen LogP contribution is -2.25. The molecule has 0 radical (unpaired) electrons. The van der Waals surface area contributed by atoms with Gasteiger partial charge in [0.1, 0.15) is 0 Å². The minimum Gasteiger partial charge on any atom is -0.493 e. The molecule has 0 aliphatic carbocycles. The van der Waals surface area contributed by atoms with E-state index in [0.717, 1.165) is 28.1 Å². The number of amides is 2. The van der Waals surface area contributed by atoms with E-state index in [1.165, 1.54) is 33.1 Å². The fourth-order valence-electron chi connectivity index (χ4n) is 4.25. The van der Waals surface area contributed by atoms with Gasteiger partial charge in [-0.3, -0.25) is 14.2 Å². The van der Waals surface area contributed by atoms with Crippen molar-refractivity contribution in [1.82, 2.24) is 20.1 Å². The minimum absolute atomic E-state index is 0.0892. The van der Waals surface area contributed by atoms with Gasteiger partial charge in [0.2, 0.25) is 11.7 Å². The van der Waals surface area contributed by atoms with Crippen LogP contribution in [0.25, 0.3) is 5.69 Å². The highest BCUT2D eigenvalue weighted by Crippen LogP contribution is 2.38. The number of aryl methyl sites for hydroxylation is 2. The minimum atomic E-state index is -0.355. The Morgan fingerprint density at radius 3 is 2.27 bits per heavy atom. The molecule has 0 aliphatic heterocycles. The number of benzene rings is 3. The molecule has 0 spiro atoms. The monoisotopic (exact) mass is 575 g/mol. The molecule has 214 valence electrons. The van der Waals surface area contributed by atoms with E-state index >= 15 is 0 Å². The first-order valence-corrected chi connectivity index (χ1v) is 13.8. The van der Waals surface area contributed by atoms with Gasteiger partial charge in [-0.15, -0.1) is 10.2 Å². The molecule has 11 heteroatoms. The summed E-state index contributed by atoms with van der Waals surface area (Å²) in [4.78, 5) is 25.9. The summed E-state index contributed by atoms with van der Waals surface area (Å²) >= 11 is 1.27. The van der Waals surface area contributed by atoms with E-state index in [-0.39, 0.29) is 24.1 Å². The predicted octanol–water partition coefficient (Wildman–Crippen LogP) is 4.88. The number of aromatic nitrogens is 3. The summed E-state index contributed by atoms with van der Waals surface area (Å²) in [6.45, 7) is 6.10. The highest BCUT2D eigenvalue weighted by Gasteiger charge is 2.21. The van der Waals surface area contributed by atoms with Gasteiger partial charge in [0.15, 0.2) is 22.5 Å². The Labute approximate surface area is 243 Å². The molecule has 41 heavy (non-hydrogen) atoms. The van der Waals surface area contributed by atoms with Crippen molar-refractivity contribution in [1.29, 1.82) is 0 Å². The van der Waals surface area contributed by atoms with Crippen molar-refractivity contribution in [2.24, 2.45) is 0 Å². The van der Waals surface area contributed by atoms with Gasteiger partial charge < -0.3 is 24.8 Å². The van der Waals surface area contributed by atoms with E-state index < -0.39 is 0 Å². The molecule has 0 saturated heterocycles. The highest BCUT2D eigenvalue weighted by molar-refractivity contribution is 7.99. The molecule has 0 bridgehead atoms. The number of thioether (sulfide) groups is 1. The standard InChI is InChI=1S/C30H33N5O5S/c1-18-9-7-11-22(13-18)32-27(36)17-41-30-34-33-26(35(30)23-12-8-10-19(2)20(23)3)16-31-29(37)21-14-24(38-4)28(40-6)25(15-21)39-5/h7-15H,16-17H2,1-6H3,(H,31,37)(H,32,36). The molecule has 4 aromatic rings. The van der Waals surface area contributed by atoms with Crippen LogP contribution in [0.3, 0.4) is 0 Å². The summed E-state index contributed by atoms with van der Waals surface area (Å²) in [7, 11) is 4.49. The van der Waals surface area contributed by atoms with Gasteiger partial charge in [-0.2, -0.15) is 0 Å². The lowest BCUT2D eigenvalue weighted by molar-refractivity contribution is -0.113. The van der Waals surface area contributed by atoms with Crippen LogP contribution < -0.4 is 24.8 Å². The fourth-order valence-corrected chi connectivity index (χ4v) is 5.02. The van der Waals surface area contributed by atoms with Gasteiger partial charge >= 0.3 is 0 Å². The quantitative estimate of drug-likeness (QED) is 0.243. The van der Waals surface area contributed by atoms with Crippen LogP contribution in [0.2, 0.25) is 0 Å². The van der Waals surface area contributed by atoms with Gasteiger partial charge in [-0.25, -0.2) is 0 Å². The largest absolute Gasteiger partial charge is 0.493 e. The lowest BCUT2D eigenvalue weighted by atomic mass is 10.1. The molecule has 2 amide bonds. The predicted molar refractivity (Wildman–Crippen MR) is 159 cm³/mol. The van der Waals surface area contributed by atoms with Crippen molar-refractivity contribution in [2.75, 3.05) is 32.4 Å². The molecule has 0 unspecified atom stereocenters. The number of methoxy groups -OCH3 is 3. The molecule has 1 heterocycles. The van der Waals surface area contributed by atoms with Gasteiger partial charge in [0.25, 0.3) is 5.91 Å². The molecule has 0 aliphatic rings. The average Bonchev–Trinajstić information content (AvgIpc) is 3.37. The van der Waals surface area contributed by atoms with Crippen LogP contribution in [0.4, 0.5) is 5.69 Å². The van der Waals surface area contributed by atoms with Crippen LogP contribution >= 0.6 is 11.8 Å². The number of anilines is 1. The van der Waals surface area contributed by atoms with E-state index in [9.17, 15) is 9.59 Å². The second-order valence-corrected chi connectivity index (χ2v) is 10.2. The Morgan fingerprint density at radius 2 is 1.61 bits per heavy atom. The number of carbonyl (C=O) groups excluding carboxylic acids is 2. The molecule has 0 saturated carbocycles. The summed E-state index contributed by atoms with van der Waals surface area (Å²) in [5.41, 5.74) is 5.13. The lowest BCUT2D eigenvalue weighted by Gasteiger charge is -2.16. The third-order valence-corrected chi connectivity index (χ3v) is 7.41. The fraction of sp³-hybridized carbons (Fsp3) is 0.267. The van der Waals surface area contributed by atoms with E-state index in [1.807, 2.05) is 67.8 Å². The molecule has 3 aromatic carbocycles. The summed E-state index contributed by atoms with van der Waals surface area (Å²) in [6, 6.07) is 16.7. The molecule has 1 aromatic heterocycles. The van der Waals surface area contributed by atoms with Crippen LogP contribution in [-0.2, 0) is 11.3 Å². The van der Waals surface area contributed by atoms with Crippen LogP contribution in [0, 0.1) is 20.8 Å². The first-order chi connectivity index (χ1) is 19.7. The first-order valence-electron chi connectivity index (χ1n) is 12.8. The first kappa shape index (κ1) is 29.5. The summed E-state index contributed by atoms with van der Waals surface area (Å²) in [5.74, 6) is 1.28. The Bertz CT molecular complexity index is 1540. The van der Waals surface area contributed by atoms with Crippen LogP contribution in [0.1, 0.15) is 32.9 Å². The maximum Gasteiger partial charge on any atom is 0.251 e. The average molecular weight is 576 g/mol. The van der Waals surface area contributed by atoms with E-state index in [0.29, 0.717) is 33.8 Å². The third-order valence-electron chi connectivity index (χ3n) is 6.49. The van der Waals surface area contributed by atoms with Crippen LogP contribution in [0.15, 0.2) is 59.8 Å². The van der Waals surface area contributed by atoms with Crippen molar-refractivity contribution in [3.05, 3.63) is 82.7 Å². The summed E-state index contributed by atoms with van der Waals surface area (Å²) in [6.07, 6.45) is 0. The number of rotatable bonds is 11. The van der Waals surface area contributed by atoms with Crippen LogP contribution in [0.5, 0.6) is 17.2 Å². The Kier molecular flexibility index (Phi) is 9.51. The normalized spacial score (nSPS) is 10.7. The second-order valence-electron chi connectivity index (χ2n) is 9.26. The zero-order valence-corrected chi connectivity index (χ0v) is 24.7. The topological polar surface area (TPSA) is 117 Å². The molecule has 10 nitrogen and oxygen atoms in total. The van der Waals surface area contributed by atoms with Crippen molar-refractivity contribution >= 4 is 29.3 Å². The van der Waals surface area contributed by atoms with E-state index in [1.54, 1.807) is 12.1 Å². The number of nitrogens with one attached hydrogen (secondary N) is 2. The number of ether oxygens (including phenoxy) is 3. The van der Waals surface area contributed by atoms with Crippen LogP contribution in [-0.4, -0.2) is 53.7 Å². The number of hydrogen-bond donors (Lipinski definition) is 2. The highest BCUT2D eigenvalue weighted by atomic mass is 32.2. The number of nitrogens with zero attached hydrogens (tertiary/aromatic N) is 3. The maximum absolute atomic E-state index is 13.2. The maximum atomic E-state index is 13.2. The summed E-state index contributed by atoms with van der Waals surface area (Å²) in [5, 5.41) is 15.1. The molecule has 2 N–H and O–H groups in total. The number of carbonyl (C=O) groups is 2. The summed E-state index contributed by atoms with van der Waals surface area (Å²) < 4.78 is 18.0. The molecule has 4 rings (SSSR count). The molecular weight excluding hydrogens is 542 g/mol. The third kappa shape index (κ3) is 6.80. The van der Waals surface area contributed by atoms with Crippen molar-refractivity contribution in [3.63, 3.8) is 0 Å². The van der Waals surface area contributed by atoms with Crippen molar-refractivity contribution < 1.29 is 23.8 Å². The van der Waals surface area contributed by atoms with Gasteiger partial charge in [-0.05, 0) is 67.8 Å². The smallest absolute Gasteiger partial charge is 0.251 e. The molecule has 0 fully saturated rings.